The van der Waals surface area contributed by atoms with Crippen LogP contribution >= 0.6 is 0 Å². The summed E-state index contributed by atoms with van der Waals surface area (Å²) in [6.07, 6.45) is 4.32. The molecule has 5 rings (SSSR count). The normalized spacial score (nSPS) is 35.2. The molecule has 0 bridgehead atoms. The summed E-state index contributed by atoms with van der Waals surface area (Å²) in [4.78, 5) is 17.5. The van der Waals surface area contributed by atoms with Gasteiger partial charge < -0.3 is 14.2 Å². The Labute approximate surface area is 147 Å². The number of carbonyl (C=O) groups excluding carboxylic acids is 1. The maximum Gasteiger partial charge on any atom is 0.293 e. The SMILES string of the molecule is O=C1N(CN2CCOCC2)c2ccccc2C12OC1CCCCC1O2. The molecule has 25 heavy (non-hydrogen) atoms. The Morgan fingerprint density at radius 2 is 1.72 bits per heavy atom. The van der Waals surface area contributed by atoms with Gasteiger partial charge in [0.05, 0.1) is 37.8 Å². The molecule has 1 aromatic rings. The van der Waals surface area contributed by atoms with Crippen LogP contribution in [0.3, 0.4) is 0 Å². The highest BCUT2D eigenvalue weighted by Gasteiger charge is 2.61. The molecule has 2 atom stereocenters. The number of benzene rings is 1. The zero-order chi connectivity index (χ0) is 16.9. The topological polar surface area (TPSA) is 51.2 Å². The fourth-order valence-electron chi connectivity index (χ4n) is 4.49. The van der Waals surface area contributed by atoms with Crippen LogP contribution in [0.15, 0.2) is 24.3 Å². The van der Waals surface area contributed by atoms with Crippen molar-refractivity contribution in [3.8, 4) is 0 Å². The lowest BCUT2D eigenvalue weighted by Gasteiger charge is -2.31. The third-order valence-corrected chi connectivity index (χ3v) is 5.80. The van der Waals surface area contributed by atoms with E-state index in [-0.39, 0.29) is 18.1 Å². The number of morpholine rings is 1. The number of rotatable bonds is 2. The maximum absolute atomic E-state index is 13.4. The Morgan fingerprint density at radius 3 is 2.44 bits per heavy atom. The van der Waals surface area contributed by atoms with Gasteiger partial charge >= 0.3 is 0 Å². The standard InChI is InChI=1S/C19H24N2O4/c22-18-19(24-16-7-3-4-8-17(16)25-19)14-5-1-2-6-15(14)21(18)13-20-9-11-23-12-10-20/h1-2,5-6,16-17H,3-4,7-13H2. The van der Waals surface area contributed by atoms with E-state index in [0.29, 0.717) is 19.9 Å². The molecule has 1 spiro atoms. The van der Waals surface area contributed by atoms with Crippen LogP contribution < -0.4 is 4.90 Å². The summed E-state index contributed by atoms with van der Waals surface area (Å²) in [6.45, 7) is 3.67. The number of nitrogens with zero attached hydrogens (tertiary/aromatic N) is 2. The van der Waals surface area contributed by atoms with E-state index in [0.717, 1.165) is 50.0 Å². The summed E-state index contributed by atoms with van der Waals surface area (Å²) in [7, 11) is 0. The molecule has 0 aromatic heterocycles. The van der Waals surface area contributed by atoms with Gasteiger partial charge in [0.15, 0.2) is 0 Å². The van der Waals surface area contributed by atoms with Crippen LogP contribution in [0.25, 0.3) is 0 Å². The summed E-state index contributed by atoms with van der Waals surface area (Å²) >= 11 is 0. The lowest BCUT2D eigenvalue weighted by Crippen LogP contribution is -2.49. The van der Waals surface area contributed by atoms with Crippen LogP contribution in [0.4, 0.5) is 5.69 Å². The van der Waals surface area contributed by atoms with Crippen molar-refractivity contribution >= 4 is 11.6 Å². The number of hydrogen-bond donors (Lipinski definition) is 0. The molecule has 3 heterocycles. The number of amides is 1. The minimum atomic E-state index is -1.23. The molecule has 3 aliphatic heterocycles. The quantitative estimate of drug-likeness (QED) is 0.819. The minimum Gasteiger partial charge on any atom is -0.379 e. The predicted molar refractivity (Wildman–Crippen MR) is 91.1 cm³/mol. The largest absolute Gasteiger partial charge is 0.379 e. The van der Waals surface area contributed by atoms with Crippen molar-refractivity contribution in [3.63, 3.8) is 0 Å². The van der Waals surface area contributed by atoms with Gasteiger partial charge in [0.1, 0.15) is 0 Å². The van der Waals surface area contributed by atoms with Gasteiger partial charge in [0.2, 0.25) is 0 Å². The molecule has 134 valence electrons. The first-order valence-electron chi connectivity index (χ1n) is 9.35. The van der Waals surface area contributed by atoms with Crippen LogP contribution in [0.2, 0.25) is 0 Å². The van der Waals surface area contributed by atoms with Gasteiger partial charge in [0.25, 0.3) is 11.7 Å². The number of carbonyl (C=O) groups is 1. The van der Waals surface area contributed by atoms with Crippen molar-refractivity contribution in [1.82, 2.24) is 4.90 Å². The molecule has 0 N–H and O–H groups in total. The van der Waals surface area contributed by atoms with Gasteiger partial charge in [-0.25, -0.2) is 0 Å². The van der Waals surface area contributed by atoms with E-state index < -0.39 is 5.79 Å². The van der Waals surface area contributed by atoms with E-state index in [1.165, 1.54) is 0 Å². The van der Waals surface area contributed by atoms with E-state index in [1.807, 2.05) is 29.2 Å². The highest BCUT2D eigenvalue weighted by atomic mass is 16.8. The Kier molecular flexibility index (Phi) is 3.82. The van der Waals surface area contributed by atoms with Gasteiger partial charge in [-0.2, -0.15) is 0 Å². The smallest absolute Gasteiger partial charge is 0.293 e. The molecule has 1 aromatic carbocycles. The highest BCUT2D eigenvalue weighted by molar-refractivity contribution is 6.06. The lowest BCUT2D eigenvalue weighted by molar-refractivity contribution is -0.190. The number of para-hydroxylation sites is 1. The predicted octanol–water partition coefficient (Wildman–Crippen LogP) is 1.83. The summed E-state index contributed by atoms with van der Waals surface area (Å²) in [6, 6.07) is 7.90. The molecule has 1 aliphatic carbocycles. The summed E-state index contributed by atoms with van der Waals surface area (Å²) in [5.41, 5.74) is 1.78. The summed E-state index contributed by atoms with van der Waals surface area (Å²) in [5, 5.41) is 0. The van der Waals surface area contributed by atoms with Crippen molar-refractivity contribution in [1.29, 1.82) is 0 Å². The second-order valence-corrected chi connectivity index (χ2v) is 7.34. The zero-order valence-corrected chi connectivity index (χ0v) is 14.4. The average molecular weight is 344 g/mol. The van der Waals surface area contributed by atoms with Gasteiger partial charge in [-0.3, -0.25) is 14.6 Å². The second-order valence-electron chi connectivity index (χ2n) is 7.34. The van der Waals surface area contributed by atoms with Gasteiger partial charge in [-0.05, 0) is 18.9 Å². The van der Waals surface area contributed by atoms with Gasteiger partial charge in [0, 0.05) is 18.7 Å². The summed E-state index contributed by atoms with van der Waals surface area (Å²) in [5.74, 6) is -1.31. The minimum absolute atomic E-state index is 0.0362. The van der Waals surface area contributed by atoms with E-state index in [1.54, 1.807) is 0 Å². The number of ether oxygens (including phenoxy) is 3. The van der Waals surface area contributed by atoms with E-state index in [2.05, 4.69) is 4.90 Å². The first kappa shape index (κ1) is 15.8. The number of anilines is 1. The highest BCUT2D eigenvalue weighted by Crippen LogP contribution is 2.51. The number of hydrogen-bond acceptors (Lipinski definition) is 5. The Bertz CT molecular complexity index is 659. The van der Waals surface area contributed by atoms with E-state index in [9.17, 15) is 4.79 Å². The van der Waals surface area contributed by atoms with E-state index >= 15 is 0 Å². The monoisotopic (exact) mass is 344 g/mol. The molecule has 6 heteroatoms. The lowest BCUT2D eigenvalue weighted by atomic mass is 9.95. The molecular formula is C19H24N2O4. The molecule has 0 radical (unpaired) electrons. The molecule has 2 unspecified atom stereocenters. The van der Waals surface area contributed by atoms with Crippen molar-refractivity contribution < 1.29 is 19.0 Å². The first-order chi connectivity index (χ1) is 12.3. The Morgan fingerprint density at radius 1 is 1.04 bits per heavy atom. The van der Waals surface area contributed by atoms with Crippen LogP contribution in [-0.4, -0.2) is 56.0 Å². The molecule has 4 aliphatic rings. The summed E-state index contributed by atoms with van der Waals surface area (Å²) < 4.78 is 18.1. The zero-order valence-electron chi connectivity index (χ0n) is 14.4. The molecule has 2 saturated heterocycles. The van der Waals surface area contributed by atoms with Crippen LogP contribution in [0, 0.1) is 0 Å². The Balaban J connectivity index is 1.48. The van der Waals surface area contributed by atoms with E-state index in [4.69, 9.17) is 14.2 Å². The third-order valence-electron chi connectivity index (χ3n) is 5.80. The van der Waals surface area contributed by atoms with Gasteiger partial charge in [-0.1, -0.05) is 31.0 Å². The molecule has 1 saturated carbocycles. The average Bonchev–Trinajstić information content (AvgIpc) is 3.15. The molecule has 6 nitrogen and oxygen atoms in total. The van der Waals surface area contributed by atoms with Crippen LogP contribution in [0.5, 0.6) is 0 Å². The third kappa shape index (κ3) is 2.43. The van der Waals surface area contributed by atoms with Crippen molar-refractivity contribution in [2.75, 3.05) is 37.9 Å². The van der Waals surface area contributed by atoms with Crippen molar-refractivity contribution in [3.05, 3.63) is 29.8 Å². The van der Waals surface area contributed by atoms with Crippen molar-refractivity contribution in [2.45, 2.75) is 43.7 Å². The molecular weight excluding hydrogens is 320 g/mol. The number of fused-ring (bicyclic) bond motifs is 3. The second kappa shape index (κ2) is 6.06. The fraction of sp³-hybridized carbons (Fsp3) is 0.632. The fourth-order valence-corrected chi connectivity index (χ4v) is 4.49. The molecule has 3 fully saturated rings. The molecule has 1 amide bonds. The van der Waals surface area contributed by atoms with Crippen molar-refractivity contribution in [2.24, 2.45) is 0 Å². The van der Waals surface area contributed by atoms with Gasteiger partial charge in [-0.15, -0.1) is 0 Å². The maximum atomic E-state index is 13.4. The van der Waals surface area contributed by atoms with Crippen LogP contribution in [0.1, 0.15) is 31.2 Å². The Hall–Kier alpha value is -1.47. The van der Waals surface area contributed by atoms with Crippen LogP contribution in [-0.2, 0) is 24.8 Å². The first-order valence-corrected chi connectivity index (χ1v) is 9.35.